The average molecular weight is 1210 g/mol. The van der Waals surface area contributed by atoms with Crippen LogP contribution in [0.2, 0.25) is 15.1 Å². The van der Waals surface area contributed by atoms with E-state index in [4.69, 9.17) is 57.1 Å². The zero-order valence-corrected chi connectivity index (χ0v) is 46.0. The number of carboxylic acids is 1. The number of anilines is 7. The van der Waals surface area contributed by atoms with Crippen molar-refractivity contribution >= 4 is 128 Å². The molecular weight excluding hydrogens is 1170 g/mol. The lowest BCUT2D eigenvalue weighted by Gasteiger charge is -2.12. The standard InChI is InChI=1S/C17H14ClN5O3S.C17H12ClN5O2S.C12H12ClN3O2S.C5H4N2O2/c18-12-3-1-2-4-14(12)23-27(25,26)11-5-6-15(13(19)9-11)22-17(24)16-7-8-20-10-21-16;18-12-3-1-2-4-13(12)23-26(24,25)11-5-6-14-16(9-11)22-17(21-14)15-7-8-19-10-20-15;13-9-3-1-2-4-12(9)16-19(17,18)8-5-6-10(14)11(15)7-8;8-5(9)4-1-2-6-3-7-4/h1-10,23H,19H2,(H,22,24);1-10,23H,(H,21,22);1-7,16H,14-15H2;1-3H,(H,8,9). The fraction of sp³-hybridized carbons (Fsp3) is 0. The van der Waals surface area contributed by atoms with Gasteiger partial charge in [0.15, 0.2) is 11.5 Å². The van der Waals surface area contributed by atoms with Gasteiger partial charge in [0.2, 0.25) is 0 Å². The van der Waals surface area contributed by atoms with E-state index in [-0.39, 0.29) is 53.8 Å². The Morgan fingerprint density at radius 1 is 0.481 bits per heavy atom. The third-order valence-electron chi connectivity index (χ3n) is 10.5. The lowest BCUT2D eigenvalue weighted by Crippen LogP contribution is -2.16. The van der Waals surface area contributed by atoms with Crippen molar-refractivity contribution in [2.45, 2.75) is 14.7 Å². The Morgan fingerprint density at radius 2 is 0.926 bits per heavy atom. The quantitative estimate of drug-likeness (QED) is 0.0487. The Bertz CT molecular complexity index is 4220. The van der Waals surface area contributed by atoms with Gasteiger partial charge in [0, 0.05) is 18.6 Å². The molecule has 6 aromatic carbocycles. The average Bonchev–Trinajstić information content (AvgIpc) is 3.98. The number of aromatic nitrogens is 8. The van der Waals surface area contributed by atoms with Crippen molar-refractivity contribution in [3.8, 4) is 11.5 Å². The van der Waals surface area contributed by atoms with Crippen LogP contribution in [-0.2, 0) is 30.1 Å². The second-order valence-corrected chi connectivity index (χ2v) is 22.4. The van der Waals surface area contributed by atoms with E-state index in [1.165, 1.54) is 92.0 Å². The molecule has 0 aliphatic rings. The van der Waals surface area contributed by atoms with Crippen LogP contribution in [0.5, 0.6) is 0 Å². The summed E-state index contributed by atoms with van der Waals surface area (Å²) in [6, 6.07) is 36.9. The van der Waals surface area contributed by atoms with Crippen molar-refractivity contribution in [1.82, 2.24) is 39.9 Å². The van der Waals surface area contributed by atoms with Crippen molar-refractivity contribution in [3.63, 3.8) is 0 Å². The minimum Gasteiger partial charge on any atom is -0.477 e. The topological polar surface area (TPSA) is 389 Å². The van der Waals surface area contributed by atoms with E-state index in [1.807, 2.05) is 0 Å². The molecule has 0 saturated heterocycles. The van der Waals surface area contributed by atoms with Gasteiger partial charge in [-0.1, -0.05) is 71.2 Å². The highest BCUT2D eigenvalue weighted by molar-refractivity contribution is 7.93. The number of aromatic carboxylic acids is 1. The van der Waals surface area contributed by atoms with E-state index in [1.54, 1.807) is 91.1 Å². The summed E-state index contributed by atoms with van der Waals surface area (Å²) in [7, 11) is -11.4. The molecule has 0 fully saturated rings. The van der Waals surface area contributed by atoms with Crippen LogP contribution in [-0.4, -0.2) is 82.1 Å². The number of benzene rings is 6. The molecule has 0 aliphatic heterocycles. The van der Waals surface area contributed by atoms with Gasteiger partial charge in [-0.15, -0.1) is 0 Å². The fourth-order valence-electron chi connectivity index (χ4n) is 6.52. The first-order valence-electron chi connectivity index (χ1n) is 22.8. The SMILES string of the molecule is Nc1cc(S(=O)(=O)Nc2ccccc2Cl)ccc1NC(=O)c1ccncn1.Nc1ccc(S(=O)(=O)Nc2ccccc2Cl)cc1N.O=C(O)c1ccncn1.O=S(=O)(Nc1ccccc1Cl)c1ccc2nc(-c3ccncn3)[nH]c2c1. The van der Waals surface area contributed by atoms with Gasteiger partial charge in [-0.3, -0.25) is 19.0 Å². The number of carbonyl (C=O) groups excluding carboxylic acids is 1. The van der Waals surface area contributed by atoms with E-state index in [0.29, 0.717) is 49.7 Å². The molecule has 4 heterocycles. The molecule has 0 atom stereocenters. The minimum absolute atomic E-state index is 0.0185. The van der Waals surface area contributed by atoms with Crippen LogP contribution < -0.4 is 36.7 Å². The number of carbonyl (C=O) groups is 2. The molecule has 1 amide bonds. The highest BCUT2D eigenvalue weighted by Gasteiger charge is 2.21. The number of sulfonamides is 3. The summed E-state index contributed by atoms with van der Waals surface area (Å²) < 4.78 is 81.9. The van der Waals surface area contributed by atoms with Crippen LogP contribution in [0.15, 0.2) is 198 Å². The number of nitrogens with two attached hydrogens (primary N) is 3. The van der Waals surface area contributed by atoms with Crippen LogP contribution in [0.3, 0.4) is 0 Å². The Balaban J connectivity index is 0.000000164. The van der Waals surface area contributed by atoms with Gasteiger partial charge in [-0.25, -0.2) is 64.9 Å². The molecule has 0 unspecified atom stereocenters. The summed E-state index contributed by atoms with van der Waals surface area (Å²) in [5.41, 5.74) is 20.8. The molecule has 0 saturated carbocycles. The van der Waals surface area contributed by atoms with Crippen LogP contribution in [0.4, 0.5) is 39.8 Å². The van der Waals surface area contributed by atoms with Crippen molar-refractivity contribution in [2.24, 2.45) is 0 Å². The van der Waals surface area contributed by atoms with Crippen molar-refractivity contribution in [2.75, 3.05) is 36.7 Å². The van der Waals surface area contributed by atoms with E-state index in [2.05, 4.69) is 59.4 Å². The maximum Gasteiger partial charge on any atom is 0.354 e. The van der Waals surface area contributed by atoms with E-state index >= 15 is 0 Å². The van der Waals surface area contributed by atoms with E-state index < -0.39 is 41.9 Å². The fourth-order valence-corrected chi connectivity index (χ4v) is 10.6. The Morgan fingerprint density at radius 3 is 1.36 bits per heavy atom. The highest BCUT2D eigenvalue weighted by atomic mass is 35.5. The molecule has 0 bridgehead atoms. The molecule has 12 N–H and O–H groups in total. The lowest BCUT2D eigenvalue weighted by atomic mass is 10.2. The molecule has 10 rings (SSSR count). The van der Waals surface area contributed by atoms with E-state index in [0.717, 1.165) is 0 Å². The Kier molecular flexibility index (Phi) is 19.3. The lowest BCUT2D eigenvalue weighted by molar-refractivity contribution is 0.0690. The molecule has 81 heavy (non-hydrogen) atoms. The van der Waals surface area contributed by atoms with Crippen LogP contribution in [0.1, 0.15) is 21.0 Å². The third kappa shape index (κ3) is 16.1. The zero-order valence-electron chi connectivity index (χ0n) is 41.3. The van der Waals surface area contributed by atoms with Crippen LogP contribution in [0, 0.1) is 0 Å². The van der Waals surface area contributed by atoms with Crippen LogP contribution >= 0.6 is 34.8 Å². The molecule has 10 aromatic rings. The van der Waals surface area contributed by atoms with Crippen molar-refractivity contribution in [1.29, 1.82) is 0 Å². The number of para-hydroxylation sites is 3. The summed E-state index contributed by atoms with van der Waals surface area (Å²) in [5, 5.41) is 11.8. The van der Waals surface area contributed by atoms with Gasteiger partial charge in [-0.2, -0.15) is 0 Å². The number of aromatic amines is 1. The maximum atomic E-state index is 12.6. The van der Waals surface area contributed by atoms with Gasteiger partial charge in [0.05, 0.1) is 80.6 Å². The van der Waals surface area contributed by atoms with Crippen molar-refractivity contribution in [3.05, 3.63) is 210 Å². The second-order valence-electron chi connectivity index (χ2n) is 16.1. The largest absolute Gasteiger partial charge is 0.477 e. The first-order chi connectivity index (χ1) is 38.6. The number of hydrogen-bond donors (Lipinski definition) is 9. The molecule has 4 aromatic heterocycles. The third-order valence-corrected chi connectivity index (χ3v) is 15.6. The number of hydrogen-bond acceptors (Lipinski definition) is 18. The minimum atomic E-state index is -3.90. The highest BCUT2D eigenvalue weighted by Crippen LogP contribution is 2.30. The first-order valence-corrected chi connectivity index (χ1v) is 28.4. The summed E-state index contributed by atoms with van der Waals surface area (Å²) in [4.78, 5) is 52.4. The zero-order chi connectivity index (χ0) is 58.3. The number of nitrogens with one attached hydrogen (secondary N) is 5. The maximum absolute atomic E-state index is 12.6. The number of halogens is 3. The van der Waals surface area contributed by atoms with Crippen molar-refractivity contribution < 1.29 is 39.9 Å². The molecule has 0 aliphatic carbocycles. The first kappa shape index (κ1) is 59.2. The number of amides is 1. The normalized spacial score (nSPS) is 11.0. The molecular formula is C51H42Cl3N15O9S3. The Labute approximate surface area is 477 Å². The Hall–Kier alpha value is -9.51. The molecule has 0 radical (unpaired) electrons. The molecule has 414 valence electrons. The smallest absolute Gasteiger partial charge is 0.354 e. The van der Waals surface area contributed by atoms with Crippen LogP contribution in [0.25, 0.3) is 22.6 Å². The van der Waals surface area contributed by atoms with E-state index in [9.17, 15) is 34.8 Å². The predicted octanol–water partition coefficient (Wildman–Crippen LogP) is 8.72. The second kappa shape index (κ2) is 26.4. The van der Waals surface area contributed by atoms with Gasteiger partial charge >= 0.3 is 5.97 Å². The molecule has 30 heteroatoms. The van der Waals surface area contributed by atoms with Gasteiger partial charge < -0.3 is 32.6 Å². The molecule has 0 spiro atoms. The van der Waals surface area contributed by atoms with Gasteiger partial charge in [0.1, 0.15) is 30.4 Å². The summed E-state index contributed by atoms with van der Waals surface area (Å²) in [5.74, 6) is -0.984. The number of nitrogen functional groups attached to an aromatic ring is 3. The molecule has 24 nitrogen and oxygen atoms in total. The number of fused-ring (bicyclic) bond motifs is 1. The number of imidazole rings is 1. The number of nitrogens with zero attached hydrogens (tertiary/aromatic N) is 7. The summed E-state index contributed by atoms with van der Waals surface area (Å²) in [6.07, 6.45) is 8.29. The monoisotopic (exact) mass is 1210 g/mol. The number of rotatable bonds is 13. The van der Waals surface area contributed by atoms with Gasteiger partial charge in [0.25, 0.3) is 36.0 Å². The van der Waals surface area contributed by atoms with Gasteiger partial charge in [-0.05, 0) is 109 Å². The number of carboxylic acid groups (broad SMARTS) is 1. The number of H-pyrrole nitrogens is 1. The summed E-state index contributed by atoms with van der Waals surface area (Å²) >= 11 is 17.9. The summed E-state index contributed by atoms with van der Waals surface area (Å²) in [6.45, 7) is 0. The predicted molar refractivity (Wildman–Crippen MR) is 309 cm³/mol.